The molecule has 1 atom stereocenters. The van der Waals surface area contributed by atoms with E-state index in [4.69, 9.17) is 10.00 Å². The lowest BCUT2D eigenvalue weighted by Crippen LogP contribution is -2.19. The molecule has 0 spiro atoms. The topological polar surface area (TPSA) is 50.1 Å². The number of thioether (sulfide) groups is 1. The molecule has 0 amide bonds. The van der Waals surface area contributed by atoms with Gasteiger partial charge in [0.1, 0.15) is 11.9 Å². The van der Waals surface area contributed by atoms with Crippen molar-refractivity contribution in [3.05, 3.63) is 71.3 Å². The third-order valence-corrected chi connectivity index (χ3v) is 4.79. The summed E-state index contributed by atoms with van der Waals surface area (Å²) in [5, 5.41) is 8.73. The first-order valence-electron chi connectivity index (χ1n) is 7.54. The SMILES string of the molecule is CCC(SCc1cccc(C#N)c1)C(=O)OCc1ccccc1. The minimum absolute atomic E-state index is 0.183. The van der Waals surface area contributed by atoms with Crippen LogP contribution in [-0.2, 0) is 21.9 Å². The van der Waals surface area contributed by atoms with Gasteiger partial charge in [0.05, 0.1) is 11.6 Å². The van der Waals surface area contributed by atoms with Crippen molar-refractivity contribution >= 4 is 17.7 Å². The monoisotopic (exact) mass is 325 g/mol. The van der Waals surface area contributed by atoms with Gasteiger partial charge in [-0.3, -0.25) is 4.79 Å². The summed E-state index contributed by atoms with van der Waals surface area (Å²) in [4.78, 5) is 12.2. The average Bonchev–Trinajstić information content (AvgIpc) is 2.61. The van der Waals surface area contributed by atoms with E-state index < -0.39 is 0 Å². The first kappa shape index (κ1) is 17.1. The fraction of sp³-hybridized carbons (Fsp3) is 0.263. The van der Waals surface area contributed by atoms with Gasteiger partial charge in [0, 0.05) is 5.75 Å². The Labute approximate surface area is 141 Å². The summed E-state index contributed by atoms with van der Waals surface area (Å²) >= 11 is 1.55. The number of hydrogen-bond acceptors (Lipinski definition) is 4. The molecule has 0 fully saturated rings. The Balaban J connectivity index is 1.86. The maximum atomic E-state index is 12.2. The van der Waals surface area contributed by atoms with E-state index in [0.29, 0.717) is 17.9 Å². The average molecular weight is 325 g/mol. The predicted molar refractivity (Wildman–Crippen MR) is 92.8 cm³/mol. The minimum atomic E-state index is -0.190. The summed E-state index contributed by atoms with van der Waals surface area (Å²) < 4.78 is 5.40. The van der Waals surface area contributed by atoms with Crippen molar-refractivity contribution in [1.29, 1.82) is 5.26 Å². The molecule has 0 aliphatic heterocycles. The molecule has 1 unspecified atom stereocenters. The summed E-state index contributed by atoms with van der Waals surface area (Å²) in [5.74, 6) is 0.506. The van der Waals surface area contributed by atoms with Gasteiger partial charge in [0.25, 0.3) is 0 Å². The normalized spacial score (nSPS) is 11.5. The molecule has 0 heterocycles. The van der Waals surface area contributed by atoms with Crippen molar-refractivity contribution in [2.75, 3.05) is 0 Å². The molecule has 2 aromatic rings. The van der Waals surface area contributed by atoms with Crippen LogP contribution in [-0.4, -0.2) is 11.2 Å². The van der Waals surface area contributed by atoms with Crippen LogP contribution in [0.3, 0.4) is 0 Å². The van der Waals surface area contributed by atoms with Crippen LogP contribution in [0.2, 0.25) is 0 Å². The van der Waals surface area contributed by atoms with Crippen LogP contribution < -0.4 is 0 Å². The van der Waals surface area contributed by atoms with E-state index >= 15 is 0 Å². The molecule has 0 saturated carbocycles. The Kier molecular flexibility index (Phi) is 6.71. The van der Waals surface area contributed by atoms with E-state index in [0.717, 1.165) is 17.5 Å². The lowest BCUT2D eigenvalue weighted by Gasteiger charge is -2.14. The van der Waals surface area contributed by atoms with Crippen LogP contribution in [0.5, 0.6) is 0 Å². The lowest BCUT2D eigenvalue weighted by atomic mass is 10.2. The highest BCUT2D eigenvalue weighted by atomic mass is 32.2. The number of esters is 1. The second kappa shape index (κ2) is 9.02. The molecule has 2 aromatic carbocycles. The van der Waals surface area contributed by atoms with Gasteiger partial charge >= 0.3 is 5.97 Å². The smallest absolute Gasteiger partial charge is 0.319 e. The molecule has 118 valence electrons. The second-order valence-electron chi connectivity index (χ2n) is 5.11. The van der Waals surface area contributed by atoms with E-state index in [1.165, 1.54) is 0 Å². The maximum absolute atomic E-state index is 12.2. The highest BCUT2D eigenvalue weighted by molar-refractivity contribution is 7.99. The van der Waals surface area contributed by atoms with E-state index in [1.807, 2.05) is 55.5 Å². The molecule has 0 aliphatic carbocycles. The number of ether oxygens (including phenoxy) is 1. The second-order valence-corrected chi connectivity index (χ2v) is 6.30. The standard InChI is InChI=1S/C19H19NO2S/c1-2-18(19(21)22-13-15-7-4-3-5-8-15)23-14-17-10-6-9-16(11-17)12-20/h3-11,18H,2,13-14H2,1H3. The van der Waals surface area contributed by atoms with Crippen LogP contribution in [0, 0.1) is 11.3 Å². The van der Waals surface area contributed by atoms with Crippen LogP contribution in [0.4, 0.5) is 0 Å². The zero-order chi connectivity index (χ0) is 16.5. The van der Waals surface area contributed by atoms with Crippen molar-refractivity contribution in [1.82, 2.24) is 0 Å². The highest BCUT2D eigenvalue weighted by Crippen LogP contribution is 2.22. The van der Waals surface area contributed by atoms with Crippen molar-refractivity contribution in [3.8, 4) is 6.07 Å². The van der Waals surface area contributed by atoms with Gasteiger partial charge in [0.15, 0.2) is 0 Å². The fourth-order valence-corrected chi connectivity index (χ4v) is 3.11. The minimum Gasteiger partial charge on any atom is -0.460 e. The Hall–Kier alpha value is -2.25. The van der Waals surface area contributed by atoms with Crippen molar-refractivity contribution in [2.45, 2.75) is 31.0 Å². The van der Waals surface area contributed by atoms with Gasteiger partial charge in [-0.15, -0.1) is 11.8 Å². The number of carbonyl (C=O) groups excluding carboxylic acids is 1. The number of hydrogen-bond donors (Lipinski definition) is 0. The lowest BCUT2D eigenvalue weighted by molar-refractivity contribution is -0.144. The third-order valence-electron chi connectivity index (χ3n) is 3.36. The van der Waals surface area contributed by atoms with Gasteiger partial charge in [-0.05, 0) is 29.7 Å². The van der Waals surface area contributed by atoms with Crippen molar-refractivity contribution < 1.29 is 9.53 Å². The number of benzene rings is 2. The molecular formula is C19H19NO2S. The molecule has 2 rings (SSSR count). The molecule has 3 nitrogen and oxygen atoms in total. The maximum Gasteiger partial charge on any atom is 0.319 e. The van der Waals surface area contributed by atoms with E-state index in [1.54, 1.807) is 17.8 Å². The first-order valence-corrected chi connectivity index (χ1v) is 8.59. The van der Waals surface area contributed by atoms with Crippen LogP contribution in [0.15, 0.2) is 54.6 Å². The molecule has 0 aliphatic rings. The Morgan fingerprint density at radius 3 is 2.61 bits per heavy atom. The Bertz CT molecular complexity index is 679. The summed E-state index contributed by atoms with van der Waals surface area (Å²) in [6, 6.07) is 19.3. The summed E-state index contributed by atoms with van der Waals surface area (Å²) in [7, 11) is 0. The summed E-state index contributed by atoms with van der Waals surface area (Å²) in [6.45, 7) is 2.29. The third kappa shape index (κ3) is 5.46. The van der Waals surface area contributed by atoms with Crippen LogP contribution in [0.1, 0.15) is 30.0 Å². The van der Waals surface area contributed by atoms with E-state index in [9.17, 15) is 4.79 Å². The van der Waals surface area contributed by atoms with Gasteiger partial charge in [0.2, 0.25) is 0 Å². The largest absolute Gasteiger partial charge is 0.460 e. The fourth-order valence-electron chi connectivity index (χ4n) is 2.10. The van der Waals surface area contributed by atoms with Crippen molar-refractivity contribution in [3.63, 3.8) is 0 Å². The zero-order valence-electron chi connectivity index (χ0n) is 13.1. The molecular weight excluding hydrogens is 306 g/mol. The van der Waals surface area contributed by atoms with E-state index in [-0.39, 0.29) is 11.2 Å². The number of rotatable bonds is 7. The molecule has 0 saturated heterocycles. The van der Waals surface area contributed by atoms with Crippen LogP contribution in [0.25, 0.3) is 0 Å². The summed E-state index contributed by atoms with van der Waals surface area (Å²) in [5.41, 5.74) is 2.67. The molecule has 0 N–H and O–H groups in total. The molecule has 23 heavy (non-hydrogen) atoms. The van der Waals surface area contributed by atoms with Crippen LogP contribution >= 0.6 is 11.8 Å². The quantitative estimate of drug-likeness (QED) is 0.712. The summed E-state index contributed by atoms with van der Waals surface area (Å²) in [6.07, 6.45) is 0.718. The van der Waals surface area contributed by atoms with Gasteiger partial charge in [-0.1, -0.05) is 49.4 Å². The molecule has 4 heteroatoms. The number of nitrogens with zero attached hydrogens (tertiary/aromatic N) is 1. The predicted octanol–water partition coefficient (Wildman–Crippen LogP) is 4.31. The molecule has 0 bridgehead atoms. The number of carbonyl (C=O) groups is 1. The molecule has 0 aromatic heterocycles. The molecule has 0 radical (unpaired) electrons. The van der Waals surface area contributed by atoms with Gasteiger partial charge < -0.3 is 4.74 Å². The van der Waals surface area contributed by atoms with Gasteiger partial charge in [-0.2, -0.15) is 5.26 Å². The highest BCUT2D eigenvalue weighted by Gasteiger charge is 2.18. The first-order chi connectivity index (χ1) is 11.2. The number of nitriles is 1. The Morgan fingerprint density at radius 1 is 1.17 bits per heavy atom. The zero-order valence-corrected chi connectivity index (χ0v) is 13.9. The van der Waals surface area contributed by atoms with E-state index in [2.05, 4.69) is 6.07 Å². The van der Waals surface area contributed by atoms with Gasteiger partial charge in [-0.25, -0.2) is 0 Å². The Morgan fingerprint density at radius 2 is 1.91 bits per heavy atom. The van der Waals surface area contributed by atoms with Crippen molar-refractivity contribution in [2.24, 2.45) is 0 Å².